The van der Waals surface area contributed by atoms with Gasteiger partial charge in [-0.15, -0.1) is 16.2 Å². The number of carbonyl (C=O) groups excluding carboxylic acids is 3. The van der Waals surface area contributed by atoms with E-state index in [1.807, 2.05) is 5.43 Å². The summed E-state index contributed by atoms with van der Waals surface area (Å²) in [6.07, 6.45) is 1.65. The Morgan fingerprint density at radius 1 is 1.03 bits per heavy atom. The molecule has 11 heteroatoms. The number of nitroso groups, excluding NO2 is 1. The highest BCUT2D eigenvalue weighted by molar-refractivity contribution is 7.17. The Kier molecular flexibility index (Phi) is 6.09. The molecule has 3 N–H and O–H groups in total. The second kappa shape index (κ2) is 8.89. The molecule has 0 radical (unpaired) electrons. The molecule has 0 aliphatic heterocycles. The Labute approximate surface area is 168 Å². The summed E-state index contributed by atoms with van der Waals surface area (Å²) in [6.45, 7) is 1.42. The number of nitrogens with zero attached hydrogens (tertiary/aromatic N) is 3. The van der Waals surface area contributed by atoms with Gasteiger partial charge in [-0.1, -0.05) is 0 Å². The number of carbonyl (C=O) groups is 3. The van der Waals surface area contributed by atoms with Gasteiger partial charge >= 0.3 is 0 Å². The van der Waals surface area contributed by atoms with E-state index in [4.69, 9.17) is 0 Å². The molecule has 3 rings (SSSR count). The van der Waals surface area contributed by atoms with Crippen LogP contribution in [0.5, 0.6) is 0 Å². The van der Waals surface area contributed by atoms with Crippen LogP contribution in [0.3, 0.4) is 0 Å². The zero-order chi connectivity index (χ0) is 20.8. The van der Waals surface area contributed by atoms with Crippen molar-refractivity contribution < 1.29 is 14.4 Å². The van der Waals surface area contributed by atoms with Gasteiger partial charge in [-0.25, -0.2) is 5.43 Å². The molecular formula is C18H16N6O4S. The Hall–Kier alpha value is -3.86. The van der Waals surface area contributed by atoms with E-state index >= 15 is 0 Å². The van der Waals surface area contributed by atoms with Gasteiger partial charge in [0, 0.05) is 24.5 Å². The molecule has 0 atom stereocenters. The highest BCUT2D eigenvalue weighted by Gasteiger charge is 2.13. The first-order valence-electron chi connectivity index (χ1n) is 8.38. The third-order valence-corrected chi connectivity index (χ3v) is 4.77. The van der Waals surface area contributed by atoms with Crippen molar-refractivity contribution in [3.05, 3.63) is 58.4 Å². The third-order valence-electron chi connectivity index (χ3n) is 3.66. The van der Waals surface area contributed by atoms with Crippen molar-refractivity contribution in [2.24, 2.45) is 5.29 Å². The molecule has 29 heavy (non-hydrogen) atoms. The van der Waals surface area contributed by atoms with E-state index in [1.54, 1.807) is 48.7 Å². The fourth-order valence-electron chi connectivity index (χ4n) is 2.46. The molecule has 0 spiro atoms. The first-order valence-corrected chi connectivity index (χ1v) is 9.20. The Morgan fingerprint density at radius 3 is 2.38 bits per heavy atom. The minimum atomic E-state index is -0.584. The van der Waals surface area contributed by atoms with E-state index in [1.165, 1.54) is 11.6 Å². The van der Waals surface area contributed by atoms with E-state index in [2.05, 4.69) is 21.0 Å². The third kappa shape index (κ3) is 5.32. The Balaban J connectivity index is 1.59. The predicted molar refractivity (Wildman–Crippen MR) is 108 cm³/mol. The van der Waals surface area contributed by atoms with E-state index < -0.39 is 5.91 Å². The minimum Gasteiger partial charge on any atom is -0.326 e. The van der Waals surface area contributed by atoms with Crippen molar-refractivity contribution in [2.75, 3.05) is 10.6 Å². The molecule has 0 unspecified atom stereocenters. The van der Waals surface area contributed by atoms with Crippen LogP contribution >= 0.6 is 11.3 Å². The number of hydrogen-bond acceptors (Lipinski definition) is 7. The van der Waals surface area contributed by atoms with E-state index in [0.29, 0.717) is 26.8 Å². The minimum absolute atomic E-state index is 0.00122. The number of amides is 3. The van der Waals surface area contributed by atoms with E-state index in [-0.39, 0.29) is 18.4 Å². The molecule has 2 aromatic heterocycles. The van der Waals surface area contributed by atoms with Crippen LogP contribution in [0.1, 0.15) is 16.6 Å². The number of aromatic nitrogens is 2. The standard InChI is InChI=1S/C18H16N6O4S/c1-11(25)19-12-2-4-13(5-3-12)20-17(26)10-24-9-8-14(22-24)15-6-7-16(29-15)18(27)21-23-28/h2-9H,10H2,1H3,(H,19,25)(H,20,26)(H,21,27,28). The molecule has 0 aliphatic carbocycles. The van der Waals surface area contributed by atoms with Gasteiger partial charge in [-0.05, 0) is 42.5 Å². The van der Waals surface area contributed by atoms with Crippen LogP contribution in [0, 0.1) is 4.91 Å². The molecule has 3 aromatic rings. The van der Waals surface area contributed by atoms with Crippen molar-refractivity contribution in [2.45, 2.75) is 13.5 Å². The molecule has 0 bridgehead atoms. The summed E-state index contributed by atoms with van der Waals surface area (Å²) in [5, 5.41) is 12.1. The van der Waals surface area contributed by atoms with E-state index in [9.17, 15) is 19.3 Å². The zero-order valence-electron chi connectivity index (χ0n) is 15.2. The Bertz CT molecular complexity index is 1060. The number of hydrogen-bond donors (Lipinski definition) is 3. The monoisotopic (exact) mass is 412 g/mol. The second-order valence-corrected chi connectivity index (χ2v) is 6.99. The normalized spacial score (nSPS) is 10.2. The largest absolute Gasteiger partial charge is 0.326 e. The molecule has 0 saturated heterocycles. The quantitative estimate of drug-likeness (QED) is 0.405. The van der Waals surface area contributed by atoms with E-state index in [0.717, 1.165) is 11.3 Å². The summed E-state index contributed by atoms with van der Waals surface area (Å²) in [6, 6.07) is 11.7. The van der Waals surface area contributed by atoms with Crippen LogP contribution in [0.2, 0.25) is 0 Å². The smallest absolute Gasteiger partial charge is 0.284 e. The topological polar surface area (TPSA) is 135 Å². The molecule has 0 saturated carbocycles. The highest BCUT2D eigenvalue weighted by atomic mass is 32.1. The zero-order valence-corrected chi connectivity index (χ0v) is 16.0. The summed E-state index contributed by atoms with van der Waals surface area (Å²) in [4.78, 5) is 46.0. The summed E-state index contributed by atoms with van der Waals surface area (Å²) in [5.41, 5.74) is 3.66. The molecule has 0 aliphatic rings. The second-order valence-electron chi connectivity index (χ2n) is 5.90. The van der Waals surface area contributed by atoms with Crippen LogP contribution < -0.4 is 16.1 Å². The lowest BCUT2D eigenvalue weighted by atomic mass is 10.2. The van der Waals surface area contributed by atoms with Crippen LogP contribution in [-0.2, 0) is 16.1 Å². The maximum Gasteiger partial charge on any atom is 0.284 e. The predicted octanol–water partition coefficient (Wildman–Crippen LogP) is 2.62. The van der Waals surface area contributed by atoms with Gasteiger partial charge < -0.3 is 10.6 Å². The molecular weight excluding hydrogens is 396 g/mol. The summed E-state index contributed by atoms with van der Waals surface area (Å²) >= 11 is 1.16. The number of rotatable bonds is 7. The van der Waals surface area contributed by atoms with Gasteiger partial charge in [0.2, 0.25) is 11.8 Å². The maximum absolute atomic E-state index is 12.2. The molecule has 2 heterocycles. The van der Waals surface area contributed by atoms with Gasteiger partial charge in [-0.2, -0.15) is 5.10 Å². The highest BCUT2D eigenvalue weighted by Crippen LogP contribution is 2.26. The van der Waals surface area contributed by atoms with Gasteiger partial charge in [0.25, 0.3) is 5.91 Å². The lowest BCUT2D eigenvalue weighted by Gasteiger charge is -2.07. The lowest BCUT2D eigenvalue weighted by molar-refractivity contribution is -0.117. The fourth-order valence-corrected chi connectivity index (χ4v) is 3.32. The van der Waals surface area contributed by atoms with Crippen molar-refractivity contribution in [3.63, 3.8) is 0 Å². The van der Waals surface area contributed by atoms with Crippen LogP contribution in [0.4, 0.5) is 11.4 Å². The van der Waals surface area contributed by atoms with Gasteiger partial charge in [0.05, 0.1) is 15.0 Å². The van der Waals surface area contributed by atoms with Gasteiger partial charge in [-0.3, -0.25) is 19.1 Å². The van der Waals surface area contributed by atoms with Crippen LogP contribution in [0.25, 0.3) is 10.6 Å². The lowest BCUT2D eigenvalue weighted by Crippen LogP contribution is -2.19. The summed E-state index contributed by atoms with van der Waals surface area (Å²) < 4.78 is 1.47. The first kappa shape index (κ1) is 19.9. The average molecular weight is 412 g/mol. The number of benzene rings is 1. The first-order chi connectivity index (χ1) is 13.9. The van der Waals surface area contributed by atoms with Gasteiger partial charge in [0.15, 0.2) is 0 Å². The number of thiophene rings is 1. The molecule has 1 aromatic carbocycles. The van der Waals surface area contributed by atoms with Crippen LogP contribution in [-0.4, -0.2) is 27.5 Å². The summed E-state index contributed by atoms with van der Waals surface area (Å²) in [7, 11) is 0. The summed E-state index contributed by atoms with van der Waals surface area (Å²) in [5.74, 6) is -1.02. The molecule has 148 valence electrons. The van der Waals surface area contributed by atoms with Gasteiger partial charge in [0.1, 0.15) is 12.2 Å². The Morgan fingerprint density at radius 2 is 1.72 bits per heavy atom. The van der Waals surface area contributed by atoms with Crippen molar-refractivity contribution in [1.82, 2.24) is 15.2 Å². The average Bonchev–Trinajstić information content (AvgIpc) is 3.32. The molecule has 10 nitrogen and oxygen atoms in total. The SMILES string of the molecule is CC(=O)Nc1ccc(NC(=O)Cn2ccc(-c3ccc(C(=O)NN=O)s3)n2)cc1. The van der Waals surface area contributed by atoms with Crippen molar-refractivity contribution >= 4 is 40.4 Å². The van der Waals surface area contributed by atoms with Crippen molar-refractivity contribution in [3.8, 4) is 10.6 Å². The van der Waals surface area contributed by atoms with Crippen LogP contribution in [0.15, 0.2) is 53.9 Å². The molecule has 0 fully saturated rings. The number of anilines is 2. The fraction of sp³-hybridized carbons (Fsp3) is 0.111. The van der Waals surface area contributed by atoms with Crippen molar-refractivity contribution in [1.29, 1.82) is 0 Å². The maximum atomic E-state index is 12.2. The number of nitrogens with one attached hydrogen (secondary N) is 3. The molecule has 3 amide bonds.